The predicted octanol–water partition coefficient (Wildman–Crippen LogP) is 1.37. The Balaban J connectivity index is 0.000000148. The first-order valence-corrected chi connectivity index (χ1v) is 2.83. The van der Waals surface area contributed by atoms with Gasteiger partial charge in [0.25, 0.3) is 0 Å². The lowest BCUT2D eigenvalue weighted by molar-refractivity contribution is 0.137. The maximum Gasteiger partial charge on any atom is 0.503 e. The Morgan fingerprint density at radius 3 is 2.22 bits per heavy atom. The second-order valence-electron chi connectivity index (χ2n) is 0.971. The fraction of sp³-hybridized carbons (Fsp3) is 0. The molecule has 1 rings (SSSR count). The Kier molecular flexibility index (Phi) is 4.43. The van der Waals surface area contributed by atoms with Gasteiger partial charge in [-0.3, -0.25) is 0 Å². The predicted molar refractivity (Wildman–Crippen MR) is 32.8 cm³/mol. The van der Waals surface area contributed by atoms with Crippen LogP contribution < -0.4 is 0 Å². The number of aromatic nitrogens is 1. The smallest absolute Gasteiger partial charge is 0.450 e. The molecular weight excluding hydrogens is 142 g/mol. The minimum absolute atomic E-state index is 1.46. The van der Waals surface area contributed by atoms with Gasteiger partial charge in [0.1, 0.15) is 0 Å². The fourth-order valence-corrected chi connectivity index (χ4v) is 0.527. The summed E-state index contributed by atoms with van der Waals surface area (Å²) in [7, 11) is 0. The topological polar surface area (TPSA) is 70.4 Å². The van der Waals surface area contributed by atoms with Crippen LogP contribution in [0.4, 0.5) is 4.79 Å². The van der Waals surface area contributed by atoms with Crippen molar-refractivity contribution in [2.45, 2.75) is 0 Å². The van der Waals surface area contributed by atoms with Gasteiger partial charge in [-0.1, -0.05) is 0 Å². The van der Waals surface area contributed by atoms with E-state index >= 15 is 0 Å². The van der Waals surface area contributed by atoms with E-state index in [0.717, 1.165) is 0 Å². The molecule has 0 radical (unpaired) electrons. The summed E-state index contributed by atoms with van der Waals surface area (Å²) >= 11 is 1.46. The Hall–Kier alpha value is -1.10. The molecule has 0 amide bonds. The molecule has 0 atom stereocenters. The summed E-state index contributed by atoms with van der Waals surface area (Å²) in [5.74, 6) is 0. The second kappa shape index (κ2) is 5.04. The van der Waals surface area contributed by atoms with Crippen LogP contribution in [-0.4, -0.2) is 20.7 Å². The minimum Gasteiger partial charge on any atom is -0.450 e. The van der Waals surface area contributed by atoms with Gasteiger partial charge >= 0.3 is 6.16 Å². The van der Waals surface area contributed by atoms with Crippen molar-refractivity contribution in [2.24, 2.45) is 0 Å². The number of carbonyl (C=O) groups is 1. The summed E-state index contributed by atoms with van der Waals surface area (Å²) in [5, 5.41) is 15.9. The van der Waals surface area contributed by atoms with Crippen molar-refractivity contribution >= 4 is 17.7 Å². The molecule has 0 bridgehead atoms. The Morgan fingerprint density at radius 2 is 2.11 bits per heavy atom. The second-order valence-corrected chi connectivity index (χ2v) is 1.66. The monoisotopic (exact) mass is 147 g/mol. The van der Waals surface area contributed by atoms with Crippen LogP contribution in [0.25, 0.3) is 0 Å². The third-order valence-electron chi connectivity index (χ3n) is 0.347. The molecular formula is C4H5NO3S. The minimum atomic E-state index is -1.83. The van der Waals surface area contributed by atoms with E-state index < -0.39 is 6.16 Å². The number of hydrogen-bond acceptors (Lipinski definition) is 3. The van der Waals surface area contributed by atoms with Gasteiger partial charge in [-0.25, -0.2) is 9.17 Å². The van der Waals surface area contributed by atoms with E-state index in [1.54, 1.807) is 6.20 Å². The van der Waals surface area contributed by atoms with E-state index in [9.17, 15) is 0 Å². The normalized spacial score (nSPS) is 7.11. The SMILES string of the molecule is O=C(O)O.c1cnsc1. The molecule has 50 valence electrons. The van der Waals surface area contributed by atoms with Crippen molar-refractivity contribution in [1.82, 2.24) is 4.37 Å². The van der Waals surface area contributed by atoms with Gasteiger partial charge in [-0.15, -0.1) is 0 Å². The molecule has 2 N–H and O–H groups in total. The van der Waals surface area contributed by atoms with Gasteiger partial charge < -0.3 is 10.2 Å². The zero-order chi connectivity index (χ0) is 7.11. The van der Waals surface area contributed by atoms with Gasteiger partial charge in [0.2, 0.25) is 0 Å². The molecule has 1 aromatic heterocycles. The maximum absolute atomic E-state index is 8.56. The Bertz CT molecular complexity index is 130. The van der Waals surface area contributed by atoms with Crippen LogP contribution in [0.15, 0.2) is 17.6 Å². The lowest BCUT2D eigenvalue weighted by Gasteiger charge is -1.60. The molecule has 0 aliphatic heterocycles. The van der Waals surface area contributed by atoms with Gasteiger partial charge in [0.05, 0.1) is 0 Å². The third-order valence-corrected chi connectivity index (χ3v) is 0.869. The van der Waals surface area contributed by atoms with Crippen LogP contribution in [-0.2, 0) is 0 Å². The van der Waals surface area contributed by atoms with E-state index in [1.807, 2.05) is 11.4 Å². The highest BCUT2D eigenvalue weighted by Crippen LogP contribution is 1.83. The van der Waals surface area contributed by atoms with Gasteiger partial charge in [0.15, 0.2) is 0 Å². The van der Waals surface area contributed by atoms with Crippen molar-refractivity contribution in [1.29, 1.82) is 0 Å². The van der Waals surface area contributed by atoms with Crippen molar-refractivity contribution in [3.8, 4) is 0 Å². The summed E-state index contributed by atoms with van der Waals surface area (Å²) in [6.45, 7) is 0. The highest BCUT2D eigenvalue weighted by atomic mass is 32.1. The van der Waals surface area contributed by atoms with E-state index in [1.165, 1.54) is 11.5 Å². The molecule has 0 aliphatic rings. The zero-order valence-corrected chi connectivity index (χ0v) is 5.21. The van der Waals surface area contributed by atoms with Crippen LogP contribution in [0.2, 0.25) is 0 Å². The standard InChI is InChI=1S/C3H3NS.CH2O3/c1-2-4-5-3-1;2-1(3)4/h1-3H;(H2,2,3,4). The molecule has 0 aliphatic carbocycles. The third kappa shape index (κ3) is 10.9. The van der Waals surface area contributed by atoms with E-state index in [2.05, 4.69) is 4.37 Å². The van der Waals surface area contributed by atoms with Crippen LogP contribution in [0.1, 0.15) is 0 Å². The molecule has 0 aromatic carbocycles. The van der Waals surface area contributed by atoms with Crippen LogP contribution in [0.3, 0.4) is 0 Å². The van der Waals surface area contributed by atoms with Crippen LogP contribution in [0.5, 0.6) is 0 Å². The number of hydrogen-bond donors (Lipinski definition) is 2. The summed E-state index contributed by atoms with van der Waals surface area (Å²) in [4.78, 5) is 8.56. The Labute approximate surface area is 55.6 Å². The van der Waals surface area contributed by atoms with Crippen LogP contribution in [0, 0.1) is 0 Å². The first kappa shape index (κ1) is 7.90. The maximum atomic E-state index is 8.56. The van der Waals surface area contributed by atoms with Gasteiger partial charge in [-0.05, 0) is 17.6 Å². The van der Waals surface area contributed by atoms with E-state index in [4.69, 9.17) is 15.0 Å². The molecule has 5 heteroatoms. The first-order valence-electron chi connectivity index (χ1n) is 1.99. The van der Waals surface area contributed by atoms with Crippen molar-refractivity contribution < 1.29 is 15.0 Å². The molecule has 9 heavy (non-hydrogen) atoms. The molecule has 0 spiro atoms. The lowest BCUT2D eigenvalue weighted by Crippen LogP contribution is -1.81. The quantitative estimate of drug-likeness (QED) is 0.581. The molecule has 1 heterocycles. The molecule has 4 nitrogen and oxygen atoms in total. The average Bonchev–Trinajstić information content (AvgIpc) is 2.11. The fourth-order valence-electron chi connectivity index (χ4n) is 0.176. The Morgan fingerprint density at radius 1 is 1.56 bits per heavy atom. The van der Waals surface area contributed by atoms with E-state index in [0.29, 0.717) is 0 Å². The molecule has 0 saturated heterocycles. The largest absolute Gasteiger partial charge is 0.503 e. The summed E-state index contributed by atoms with van der Waals surface area (Å²) < 4.78 is 3.76. The molecule has 0 saturated carbocycles. The van der Waals surface area contributed by atoms with Gasteiger partial charge in [0, 0.05) is 11.6 Å². The average molecular weight is 147 g/mol. The number of nitrogens with zero attached hydrogens (tertiary/aromatic N) is 1. The molecule has 0 unspecified atom stereocenters. The highest BCUT2D eigenvalue weighted by Gasteiger charge is 1.70. The molecule has 1 aromatic rings. The number of carboxylic acid groups (broad SMARTS) is 2. The summed E-state index contributed by atoms with van der Waals surface area (Å²) in [6.07, 6.45) is -0.0648. The van der Waals surface area contributed by atoms with Crippen molar-refractivity contribution in [2.75, 3.05) is 0 Å². The van der Waals surface area contributed by atoms with Crippen molar-refractivity contribution in [3.63, 3.8) is 0 Å². The summed E-state index contributed by atoms with van der Waals surface area (Å²) in [5.41, 5.74) is 0. The van der Waals surface area contributed by atoms with Gasteiger partial charge in [-0.2, -0.15) is 0 Å². The van der Waals surface area contributed by atoms with E-state index in [-0.39, 0.29) is 0 Å². The highest BCUT2D eigenvalue weighted by molar-refractivity contribution is 7.03. The van der Waals surface area contributed by atoms with Crippen molar-refractivity contribution in [3.05, 3.63) is 17.6 Å². The number of rotatable bonds is 0. The lowest BCUT2D eigenvalue weighted by atomic mass is 10.8. The van der Waals surface area contributed by atoms with Crippen LogP contribution >= 0.6 is 11.5 Å². The zero-order valence-electron chi connectivity index (χ0n) is 4.39. The summed E-state index contributed by atoms with van der Waals surface area (Å²) in [6, 6.07) is 1.91. The molecule has 0 fully saturated rings. The first-order chi connectivity index (χ1) is 4.23.